The molecule has 144 valence electrons. The zero-order chi connectivity index (χ0) is 20.5. The van der Waals surface area contributed by atoms with Crippen LogP contribution in [0.1, 0.15) is 16.8 Å². The molecule has 0 unspecified atom stereocenters. The van der Waals surface area contributed by atoms with E-state index in [0.717, 1.165) is 22.5 Å². The summed E-state index contributed by atoms with van der Waals surface area (Å²) >= 11 is 5.31. The van der Waals surface area contributed by atoms with E-state index in [1.165, 1.54) is 4.90 Å². The number of aromatic nitrogens is 1. The van der Waals surface area contributed by atoms with Crippen LogP contribution in [0.15, 0.2) is 72.4 Å². The summed E-state index contributed by atoms with van der Waals surface area (Å²) in [4.78, 5) is 27.3. The quantitative estimate of drug-likeness (QED) is 0.411. The Labute approximate surface area is 174 Å². The van der Waals surface area contributed by atoms with Gasteiger partial charge in [-0.05, 0) is 73.6 Å². The molecule has 1 aliphatic rings. The molecule has 4 rings (SSSR count). The summed E-state index contributed by atoms with van der Waals surface area (Å²) in [6.07, 6.45) is 3.49. The third-order valence-electron chi connectivity index (χ3n) is 4.81. The maximum absolute atomic E-state index is 13.3. The second kappa shape index (κ2) is 7.48. The van der Waals surface area contributed by atoms with Crippen molar-refractivity contribution in [2.75, 3.05) is 4.90 Å². The third kappa shape index (κ3) is 3.50. The molecule has 1 aliphatic heterocycles. The van der Waals surface area contributed by atoms with E-state index in [1.54, 1.807) is 6.08 Å². The van der Waals surface area contributed by atoms with Crippen LogP contribution in [-0.2, 0) is 9.59 Å². The van der Waals surface area contributed by atoms with Gasteiger partial charge in [-0.2, -0.15) is 0 Å². The predicted octanol–water partition coefficient (Wildman–Crippen LogP) is 3.93. The van der Waals surface area contributed by atoms with Crippen LogP contribution in [0.5, 0.6) is 0 Å². The highest BCUT2D eigenvalue weighted by molar-refractivity contribution is 7.80. The molecular formula is C23H19N3O2S. The first-order chi connectivity index (χ1) is 14.0. The number of anilines is 1. The molecule has 1 aromatic heterocycles. The summed E-state index contributed by atoms with van der Waals surface area (Å²) in [5.41, 5.74) is 4.27. The van der Waals surface area contributed by atoms with Crippen molar-refractivity contribution in [3.8, 4) is 5.69 Å². The molecule has 3 aromatic rings. The fraction of sp³-hybridized carbons (Fsp3) is 0.0870. The van der Waals surface area contributed by atoms with Crippen molar-refractivity contribution in [2.45, 2.75) is 13.8 Å². The Kier molecular flexibility index (Phi) is 4.86. The van der Waals surface area contributed by atoms with Crippen LogP contribution in [0, 0.1) is 13.8 Å². The van der Waals surface area contributed by atoms with Crippen LogP contribution in [0.3, 0.4) is 0 Å². The topological polar surface area (TPSA) is 54.3 Å². The number of thiocarbonyl (C=S) groups is 1. The maximum atomic E-state index is 13.3. The lowest BCUT2D eigenvalue weighted by Crippen LogP contribution is -2.54. The van der Waals surface area contributed by atoms with E-state index in [2.05, 4.69) is 5.32 Å². The fourth-order valence-electron chi connectivity index (χ4n) is 3.32. The van der Waals surface area contributed by atoms with Gasteiger partial charge in [-0.15, -0.1) is 0 Å². The molecule has 1 saturated heterocycles. The molecule has 6 heteroatoms. The van der Waals surface area contributed by atoms with Crippen LogP contribution in [0.25, 0.3) is 11.8 Å². The minimum Gasteiger partial charge on any atom is -0.317 e. The molecule has 0 radical (unpaired) electrons. The highest BCUT2D eigenvalue weighted by Crippen LogP contribution is 2.26. The van der Waals surface area contributed by atoms with Crippen molar-refractivity contribution in [2.24, 2.45) is 0 Å². The Bertz CT molecular complexity index is 1160. The molecule has 29 heavy (non-hydrogen) atoms. The van der Waals surface area contributed by atoms with Gasteiger partial charge in [-0.3, -0.25) is 19.8 Å². The first-order valence-corrected chi connectivity index (χ1v) is 9.58. The van der Waals surface area contributed by atoms with E-state index in [9.17, 15) is 9.59 Å². The minimum absolute atomic E-state index is 0.0374. The molecule has 2 amide bonds. The van der Waals surface area contributed by atoms with E-state index in [0.29, 0.717) is 5.69 Å². The number of carbonyl (C=O) groups excluding carboxylic acids is 2. The molecule has 0 spiro atoms. The van der Waals surface area contributed by atoms with Crippen molar-refractivity contribution >= 4 is 40.9 Å². The third-order valence-corrected chi connectivity index (χ3v) is 5.10. The van der Waals surface area contributed by atoms with Crippen molar-refractivity contribution in [1.29, 1.82) is 0 Å². The van der Waals surface area contributed by atoms with Crippen LogP contribution >= 0.6 is 12.2 Å². The molecule has 1 fully saturated rings. The molecule has 2 heterocycles. The Morgan fingerprint density at radius 1 is 0.966 bits per heavy atom. The maximum Gasteiger partial charge on any atom is 0.270 e. The number of benzene rings is 2. The number of aryl methyl sites for hydroxylation is 2. The Morgan fingerprint density at radius 3 is 2.48 bits per heavy atom. The Morgan fingerprint density at radius 2 is 1.72 bits per heavy atom. The number of rotatable bonds is 3. The first kappa shape index (κ1) is 18.8. The molecule has 0 bridgehead atoms. The lowest BCUT2D eigenvalue weighted by atomic mass is 10.1. The van der Waals surface area contributed by atoms with Gasteiger partial charge in [-0.1, -0.05) is 30.3 Å². The van der Waals surface area contributed by atoms with Gasteiger partial charge in [-0.25, -0.2) is 0 Å². The van der Waals surface area contributed by atoms with Crippen molar-refractivity contribution in [1.82, 2.24) is 9.88 Å². The molecule has 2 aromatic carbocycles. The molecule has 1 N–H and O–H groups in total. The number of nitrogens with zero attached hydrogens (tertiary/aromatic N) is 2. The summed E-state index contributed by atoms with van der Waals surface area (Å²) in [7, 11) is 0. The first-order valence-electron chi connectivity index (χ1n) is 9.17. The average Bonchev–Trinajstić information content (AvgIpc) is 3.16. The SMILES string of the molecule is Cc1ccc(C)c(N2C(=O)/C(=C/c3cccn3-c3ccccc3)C(=O)NC2=S)c1. The van der Waals surface area contributed by atoms with Crippen LogP contribution < -0.4 is 10.2 Å². The fourth-order valence-corrected chi connectivity index (χ4v) is 3.59. The lowest BCUT2D eigenvalue weighted by molar-refractivity contribution is -0.122. The van der Waals surface area contributed by atoms with Gasteiger partial charge in [0.25, 0.3) is 11.8 Å². The van der Waals surface area contributed by atoms with E-state index in [4.69, 9.17) is 12.2 Å². The summed E-state index contributed by atoms with van der Waals surface area (Å²) in [5.74, 6) is -0.935. The number of carbonyl (C=O) groups is 2. The Hall–Kier alpha value is -3.51. The standard InChI is InChI=1S/C23H19N3O2S/c1-15-10-11-16(2)20(13-15)26-22(28)19(21(27)24-23(26)29)14-18-9-6-12-25(18)17-7-4-3-5-8-17/h3-14H,1-2H3,(H,24,27,29)/b19-14+. The van der Waals surface area contributed by atoms with E-state index < -0.39 is 11.8 Å². The second-order valence-corrected chi connectivity index (χ2v) is 7.27. The Balaban J connectivity index is 1.78. The molecule has 0 atom stereocenters. The monoisotopic (exact) mass is 401 g/mol. The number of nitrogens with one attached hydrogen (secondary N) is 1. The normalized spacial score (nSPS) is 15.7. The summed E-state index contributed by atoms with van der Waals surface area (Å²) in [5, 5.41) is 2.73. The van der Waals surface area contributed by atoms with Gasteiger partial charge in [0.15, 0.2) is 5.11 Å². The van der Waals surface area contributed by atoms with Crippen LogP contribution in [-0.4, -0.2) is 21.5 Å². The summed E-state index contributed by atoms with van der Waals surface area (Å²) < 4.78 is 1.92. The average molecular weight is 401 g/mol. The highest BCUT2D eigenvalue weighted by Gasteiger charge is 2.35. The molecule has 5 nitrogen and oxygen atoms in total. The van der Waals surface area contributed by atoms with Crippen molar-refractivity contribution < 1.29 is 9.59 Å². The minimum atomic E-state index is -0.498. The second-order valence-electron chi connectivity index (χ2n) is 6.89. The largest absolute Gasteiger partial charge is 0.317 e. The lowest BCUT2D eigenvalue weighted by Gasteiger charge is -2.30. The highest BCUT2D eigenvalue weighted by atomic mass is 32.1. The summed E-state index contributed by atoms with van der Waals surface area (Å²) in [6.45, 7) is 3.85. The summed E-state index contributed by atoms with van der Waals surface area (Å²) in [6, 6.07) is 19.3. The van der Waals surface area contributed by atoms with E-state index in [1.807, 2.05) is 85.3 Å². The van der Waals surface area contributed by atoms with Gasteiger partial charge in [0.2, 0.25) is 0 Å². The van der Waals surface area contributed by atoms with Gasteiger partial charge < -0.3 is 4.57 Å². The predicted molar refractivity (Wildman–Crippen MR) is 118 cm³/mol. The van der Waals surface area contributed by atoms with Crippen molar-refractivity contribution in [3.05, 3.63) is 89.3 Å². The van der Waals surface area contributed by atoms with Gasteiger partial charge in [0.05, 0.1) is 5.69 Å². The zero-order valence-corrected chi connectivity index (χ0v) is 16.9. The number of hydrogen-bond acceptors (Lipinski definition) is 3. The molecular weight excluding hydrogens is 382 g/mol. The molecule has 0 aliphatic carbocycles. The van der Waals surface area contributed by atoms with Gasteiger partial charge >= 0.3 is 0 Å². The molecule has 0 saturated carbocycles. The van der Waals surface area contributed by atoms with Crippen LogP contribution in [0.4, 0.5) is 5.69 Å². The van der Waals surface area contributed by atoms with Crippen molar-refractivity contribution in [3.63, 3.8) is 0 Å². The zero-order valence-electron chi connectivity index (χ0n) is 16.0. The number of amides is 2. The van der Waals surface area contributed by atoms with E-state index in [-0.39, 0.29) is 10.7 Å². The van der Waals surface area contributed by atoms with Gasteiger partial charge in [0, 0.05) is 17.6 Å². The smallest absolute Gasteiger partial charge is 0.270 e. The number of para-hydroxylation sites is 1. The van der Waals surface area contributed by atoms with E-state index >= 15 is 0 Å². The van der Waals surface area contributed by atoms with Crippen LogP contribution in [0.2, 0.25) is 0 Å². The number of hydrogen-bond donors (Lipinski definition) is 1. The van der Waals surface area contributed by atoms with Gasteiger partial charge in [0.1, 0.15) is 5.57 Å².